The van der Waals surface area contributed by atoms with Gasteiger partial charge in [-0.05, 0) is 55.3 Å². The fourth-order valence-corrected chi connectivity index (χ4v) is 3.31. The first-order chi connectivity index (χ1) is 13.6. The second kappa shape index (κ2) is 7.64. The van der Waals surface area contributed by atoms with Gasteiger partial charge in [0.25, 0.3) is 5.91 Å². The van der Waals surface area contributed by atoms with Crippen molar-refractivity contribution in [2.75, 3.05) is 35.7 Å². The molecule has 0 aromatic heterocycles. The Kier molecular flexibility index (Phi) is 4.89. The van der Waals surface area contributed by atoms with Gasteiger partial charge in [0.1, 0.15) is 5.57 Å². The lowest BCUT2D eigenvalue weighted by molar-refractivity contribution is -0.207. The van der Waals surface area contributed by atoms with E-state index in [4.69, 9.17) is 9.78 Å². The molecule has 2 aliphatic heterocycles. The fraction of sp³-hybridized carbons (Fsp3) is 0.238. The lowest BCUT2D eigenvalue weighted by Crippen LogP contribution is -2.22. The van der Waals surface area contributed by atoms with Crippen LogP contribution in [0.2, 0.25) is 0 Å². The van der Waals surface area contributed by atoms with Gasteiger partial charge in [0.05, 0.1) is 0 Å². The van der Waals surface area contributed by atoms with Crippen molar-refractivity contribution in [3.8, 4) is 5.75 Å². The van der Waals surface area contributed by atoms with Gasteiger partial charge in [-0.1, -0.05) is 0 Å². The van der Waals surface area contributed by atoms with Crippen molar-refractivity contribution >= 4 is 35.0 Å². The van der Waals surface area contributed by atoms with Crippen LogP contribution in [0, 0.1) is 0 Å². The molecule has 2 aromatic rings. The van der Waals surface area contributed by atoms with Gasteiger partial charge < -0.3 is 15.5 Å². The van der Waals surface area contributed by atoms with Gasteiger partial charge >= 0.3 is 5.97 Å². The number of carbonyl (C=O) groups is 2. The lowest BCUT2D eigenvalue weighted by atomic mass is 10.1. The number of fused-ring (bicyclic) bond motifs is 1. The third-order valence-corrected chi connectivity index (χ3v) is 4.87. The molecule has 0 saturated carbocycles. The predicted octanol–water partition coefficient (Wildman–Crippen LogP) is 3.20. The van der Waals surface area contributed by atoms with Crippen molar-refractivity contribution < 1.29 is 19.4 Å². The monoisotopic (exact) mass is 379 g/mol. The smallest absolute Gasteiger partial charge is 0.388 e. The van der Waals surface area contributed by atoms with Gasteiger partial charge in [-0.2, -0.15) is 0 Å². The van der Waals surface area contributed by atoms with Crippen LogP contribution in [0.4, 0.5) is 17.1 Å². The van der Waals surface area contributed by atoms with Crippen LogP contribution in [0.25, 0.3) is 6.08 Å². The SMILES string of the molecule is CNc1ccc2c(c1)OOC(=O)C(C(=O)Nc1ccc(N3CCCC3)cc1)=C2. The number of nitrogens with zero attached hydrogens (tertiary/aromatic N) is 1. The average Bonchev–Trinajstić information content (AvgIpc) is 3.20. The lowest BCUT2D eigenvalue weighted by Gasteiger charge is -2.17. The van der Waals surface area contributed by atoms with Gasteiger partial charge in [0.2, 0.25) is 0 Å². The average molecular weight is 379 g/mol. The van der Waals surface area contributed by atoms with E-state index in [9.17, 15) is 9.59 Å². The Hall–Kier alpha value is -3.48. The normalized spacial score (nSPS) is 15.7. The summed E-state index contributed by atoms with van der Waals surface area (Å²) in [5.74, 6) is -1.03. The van der Waals surface area contributed by atoms with Crippen molar-refractivity contribution in [2.45, 2.75) is 12.8 Å². The quantitative estimate of drug-likeness (QED) is 0.627. The number of benzene rings is 2. The Morgan fingerprint density at radius 1 is 1.00 bits per heavy atom. The van der Waals surface area contributed by atoms with Crippen molar-refractivity contribution in [3.05, 3.63) is 53.6 Å². The first-order valence-electron chi connectivity index (χ1n) is 9.23. The van der Waals surface area contributed by atoms with Crippen LogP contribution >= 0.6 is 0 Å². The van der Waals surface area contributed by atoms with Gasteiger partial charge in [-0.25, -0.2) is 9.68 Å². The topological polar surface area (TPSA) is 79.9 Å². The first-order valence-corrected chi connectivity index (χ1v) is 9.23. The number of hydrogen-bond donors (Lipinski definition) is 2. The summed E-state index contributed by atoms with van der Waals surface area (Å²) in [6.07, 6.45) is 3.88. The summed E-state index contributed by atoms with van der Waals surface area (Å²) in [7, 11) is 1.77. The molecule has 0 aliphatic carbocycles. The van der Waals surface area contributed by atoms with E-state index in [0.717, 1.165) is 24.5 Å². The summed E-state index contributed by atoms with van der Waals surface area (Å²) in [5, 5.41) is 5.72. The molecular formula is C21H21N3O4. The molecule has 1 saturated heterocycles. The van der Waals surface area contributed by atoms with Gasteiger partial charge in [0.15, 0.2) is 5.75 Å². The molecule has 144 valence electrons. The van der Waals surface area contributed by atoms with Crippen molar-refractivity contribution in [1.29, 1.82) is 0 Å². The van der Waals surface area contributed by atoms with Gasteiger partial charge in [-0.3, -0.25) is 9.68 Å². The van der Waals surface area contributed by atoms with Crippen molar-refractivity contribution in [1.82, 2.24) is 0 Å². The standard InChI is InChI=1S/C21H21N3O4/c1-22-16-5-4-14-12-18(21(26)28-27-19(14)13-16)20(25)23-15-6-8-17(9-7-15)24-10-2-3-11-24/h4-9,12-13,22H,2-3,10-11H2,1H3,(H,23,25). The fourth-order valence-electron chi connectivity index (χ4n) is 3.31. The van der Waals surface area contributed by atoms with E-state index in [1.54, 1.807) is 19.2 Å². The summed E-state index contributed by atoms with van der Waals surface area (Å²) < 4.78 is 0. The molecular weight excluding hydrogens is 358 g/mol. The molecule has 0 bridgehead atoms. The first kappa shape index (κ1) is 17.9. The maximum absolute atomic E-state index is 12.6. The zero-order chi connectivity index (χ0) is 19.5. The number of carbonyl (C=O) groups excluding carboxylic acids is 2. The van der Waals surface area contributed by atoms with E-state index in [1.165, 1.54) is 18.9 Å². The molecule has 2 N–H and O–H groups in total. The van der Waals surface area contributed by atoms with Crippen LogP contribution < -0.4 is 20.4 Å². The summed E-state index contributed by atoms with van der Waals surface area (Å²) in [6, 6.07) is 12.9. The van der Waals surface area contributed by atoms with Gasteiger partial charge in [0, 0.05) is 48.8 Å². The van der Waals surface area contributed by atoms with E-state index in [1.807, 2.05) is 30.3 Å². The minimum Gasteiger partial charge on any atom is -0.388 e. The summed E-state index contributed by atoms with van der Waals surface area (Å²) >= 11 is 0. The van der Waals surface area contributed by atoms with E-state index >= 15 is 0 Å². The van der Waals surface area contributed by atoms with Crippen LogP contribution in [-0.2, 0) is 14.5 Å². The number of amides is 1. The molecule has 0 unspecified atom stereocenters. The molecule has 1 fully saturated rings. The number of rotatable bonds is 4. The van der Waals surface area contributed by atoms with Crippen LogP contribution in [0.5, 0.6) is 5.75 Å². The Morgan fingerprint density at radius 3 is 2.43 bits per heavy atom. The minimum absolute atomic E-state index is 0.125. The van der Waals surface area contributed by atoms with E-state index in [2.05, 4.69) is 15.5 Å². The Labute approximate surface area is 162 Å². The molecule has 2 heterocycles. The molecule has 4 rings (SSSR count). The number of nitrogens with one attached hydrogen (secondary N) is 2. The highest BCUT2D eigenvalue weighted by Gasteiger charge is 2.26. The van der Waals surface area contributed by atoms with Crippen molar-refractivity contribution in [3.63, 3.8) is 0 Å². The van der Waals surface area contributed by atoms with Crippen molar-refractivity contribution in [2.24, 2.45) is 0 Å². The Bertz CT molecular complexity index is 931. The summed E-state index contributed by atoms with van der Waals surface area (Å²) in [4.78, 5) is 37.0. The molecule has 2 aliphatic rings. The molecule has 0 atom stereocenters. The Balaban J connectivity index is 1.52. The van der Waals surface area contributed by atoms with Crippen LogP contribution in [-0.4, -0.2) is 32.0 Å². The maximum atomic E-state index is 12.6. The highest BCUT2D eigenvalue weighted by molar-refractivity contribution is 6.24. The molecule has 7 heteroatoms. The predicted molar refractivity (Wildman–Crippen MR) is 107 cm³/mol. The summed E-state index contributed by atoms with van der Waals surface area (Å²) in [6.45, 7) is 2.11. The maximum Gasteiger partial charge on any atom is 0.391 e. The molecule has 0 radical (unpaired) electrons. The number of hydrogen-bond acceptors (Lipinski definition) is 6. The molecule has 7 nitrogen and oxygen atoms in total. The Morgan fingerprint density at radius 2 is 1.71 bits per heavy atom. The highest BCUT2D eigenvalue weighted by atomic mass is 17.2. The molecule has 2 aromatic carbocycles. The number of anilines is 3. The largest absolute Gasteiger partial charge is 0.391 e. The molecule has 1 amide bonds. The second-order valence-corrected chi connectivity index (χ2v) is 6.71. The van der Waals surface area contributed by atoms with Gasteiger partial charge in [-0.15, -0.1) is 0 Å². The van der Waals surface area contributed by atoms with Crippen LogP contribution in [0.3, 0.4) is 0 Å². The zero-order valence-electron chi connectivity index (χ0n) is 15.5. The summed E-state index contributed by atoms with van der Waals surface area (Å²) in [5.41, 5.74) is 3.00. The van der Waals surface area contributed by atoms with E-state index in [0.29, 0.717) is 17.0 Å². The van der Waals surface area contributed by atoms with Crippen LogP contribution in [0.1, 0.15) is 18.4 Å². The van der Waals surface area contributed by atoms with Crippen LogP contribution in [0.15, 0.2) is 48.0 Å². The molecule has 28 heavy (non-hydrogen) atoms. The van der Waals surface area contributed by atoms with E-state index < -0.39 is 11.9 Å². The third kappa shape index (κ3) is 3.64. The zero-order valence-corrected chi connectivity index (χ0v) is 15.5. The highest BCUT2D eigenvalue weighted by Crippen LogP contribution is 2.29. The van der Waals surface area contributed by atoms with E-state index in [-0.39, 0.29) is 5.57 Å². The third-order valence-electron chi connectivity index (χ3n) is 4.87. The molecule has 0 spiro atoms. The minimum atomic E-state index is -0.839. The second-order valence-electron chi connectivity index (χ2n) is 6.71.